The van der Waals surface area contributed by atoms with Crippen molar-refractivity contribution in [3.8, 4) is 0 Å². The van der Waals surface area contributed by atoms with Gasteiger partial charge in [-0.05, 0) is 66.2 Å². The minimum Gasteiger partial charge on any atom is -0.372 e. The van der Waals surface area contributed by atoms with Crippen LogP contribution in [0.25, 0.3) is 10.8 Å². The monoisotopic (exact) mass is 545 g/mol. The van der Waals surface area contributed by atoms with Crippen molar-refractivity contribution in [1.29, 1.82) is 0 Å². The van der Waals surface area contributed by atoms with Gasteiger partial charge in [-0.25, -0.2) is 9.59 Å². The number of amides is 1. The highest BCUT2D eigenvalue weighted by molar-refractivity contribution is 6.30. The second-order valence-electron chi connectivity index (χ2n) is 8.09. The number of rotatable bonds is 6. The molecule has 5 rings (SSSR count). The molecule has 0 fully saturated rings. The fourth-order valence-electron chi connectivity index (χ4n) is 3.74. The van der Waals surface area contributed by atoms with Gasteiger partial charge in [-0.3, -0.25) is 10.3 Å². The Morgan fingerprint density at radius 2 is 1.53 bits per heavy atom. The first-order chi connectivity index (χ1) is 18.0. The van der Waals surface area contributed by atoms with Crippen LogP contribution in [0.5, 0.6) is 0 Å². The third kappa shape index (κ3) is 6.42. The zero-order valence-electron chi connectivity index (χ0n) is 19.8. The minimum absolute atomic E-state index is 0. The number of carbonyl (C=O) groups excluding carboxylic acids is 2. The van der Waals surface area contributed by atoms with Gasteiger partial charge in [-0.15, -0.1) is 17.5 Å². The van der Waals surface area contributed by atoms with Crippen molar-refractivity contribution in [1.82, 2.24) is 15.2 Å². The van der Waals surface area contributed by atoms with E-state index >= 15 is 0 Å². The van der Waals surface area contributed by atoms with Gasteiger partial charge in [-0.2, -0.15) is 5.10 Å². The Morgan fingerprint density at radius 1 is 0.816 bits per heavy atom. The quantitative estimate of drug-likeness (QED) is 0.178. The summed E-state index contributed by atoms with van der Waals surface area (Å²) in [4.78, 5) is 28.7. The zero-order valence-corrected chi connectivity index (χ0v) is 21.4. The standard InChI is InChI=1S/C28H20ClN5O3.ClH/c29-20-6-8-21(9-7-20)31-26-24-17-22(32-28(36)37-27(35)19-4-2-1-3-5-19)10-11-23(24)25(33-34-26)16-18-12-14-30-15-13-18;/h1-15,17H,16H2,(H,31,34)(H,32,36);1H. The zero-order chi connectivity index (χ0) is 25.6. The molecule has 0 saturated carbocycles. The number of benzene rings is 3. The Balaban J connectivity index is 0.00000336. The van der Waals surface area contributed by atoms with E-state index in [0.29, 0.717) is 22.9 Å². The fourth-order valence-corrected chi connectivity index (χ4v) is 3.86. The van der Waals surface area contributed by atoms with Crippen LogP contribution in [0, 0.1) is 0 Å². The molecule has 2 heterocycles. The average molecular weight is 546 g/mol. The number of carbonyl (C=O) groups is 2. The summed E-state index contributed by atoms with van der Waals surface area (Å²) in [6.07, 6.45) is 3.12. The molecule has 0 bridgehead atoms. The van der Waals surface area contributed by atoms with E-state index in [1.165, 1.54) is 0 Å². The lowest BCUT2D eigenvalue weighted by molar-refractivity contribution is 0.0645. The first kappa shape index (κ1) is 26.5. The largest absolute Gasteiger partial charge is 0.419 e. The van der Waals surface area contributed by atoms with Crippen molar-refractivity contribution >= 4 is 64.0 Å². The molecule has 0 aliphatic carbocycles. The molecular formula is C28H21Cl2N5O3. The second-order valence-corrected chi connectivity index (χ2v) is 8.52. The second kappa shape index (κ2) is 12.1. The summed E-state index contributed by atoms with van der Waals surface area (Å²) >= 11 is 6.02. The normalized spacial score (nSPS) is 10.3. The first-order valence-corrected chi connectivity index (χ1v) is 11.7. The minimum atomic E-state index is -0.889. The third-order valence-corrected chi connectivity index (χ3v) is 5.78. The van der Waals surface area contributed by atoms with Crippen molar-refractivity contribution in [2.45, 2.75) is 6.42 Å². The molecule has 0 radical (unpaired) electrons. The Morgan fingerprint density at radius 3 is 2.26 bits per heavy atom. The van der Waals surface area contributed by atoms with E-state index in [4.69, 9.17) is 16.3 Å². The van der Waals surface area contributed by atoms with Gasteiger partial charge in [0.2, 0.25) is 0 Å². The summed E-state index contributed by atoms with van der Waals surface area (Å²) < 4.78 is 4.94. The molecule has 3 aromatic carbocycles. The summed E-state index contributed by atoms with van der Waals surface area (Å²) in [5.74, 6) is -0.248. The Labute approximate surface area is 229 Å². The van der Waals surface area contributed by atoms with E-state index in [1.807, 2.05) is 30.3 Å². The third-order valence-electron chi connectivity index (χ3n) is 5.53. The molecule has 5 aromatic rings. The highest BCUT2D eigenvalue weighted by atomic mass is 35.5. The number of esters is 1. The van der Waals surface area contributed by atoms with Gasteiger partial charge in [0.05, 0.1) is 11.3 Å². The molecular weight excluding hydrogens is 525 g/mol. The molecule has 8 nitrogen and oxygen atoms in total. The van der Waals surface area contributed by atoms with Crippen LogP contribution in [-0.2, 0) is 11.2 Å². The topological polar surface area (TPSA) is 106 Å². The number of nitrogens with one attached hydrogen (secondary N) is 2. The number of ether oxygens (including phenoxy) is 1. The van der Waals surface area contributed by atoms with Crippen LogP contribution in [0.15, 0.2) is 97.3 Å². The Hall–Kier alpha value is -4.53. The maximum absolute atomic E-state index is 12.4. The summed E-state index contributed by atoms with van der Waals surface area (Å²) in [6.45, 7) is 0. The maximum Gasteiger partial charge on any atom is 0.419 e. The molecule has 0 saturated heterocycles. The van der Waals surface area contributed by atoms with Crippen LogP contribution in [0.4, 0.5) is 22.0 Å². The molecule has 0 unspecified atom stereocenters. The lowest BCUT2D eigenvalue weighted by Gasteiger charge is -2.13. The number of nitrogens with zero attached hydrogens (tertiary/aromatic N) is 3. The van der Waals surface area contributed by atoms with Crippen molar-refractivity contribution in [2.75, 3.05) is 10.6 Å². The molecule has 38 heavy (non-hydrogen) atoms. The fraction of sp³-hybridized carbons (Fsp3) is 0.0357. The Kier molecular flexibility index (Phi) is 8.47. The van der Waals surface area contributed by atoms with Crippen molar-refractivity contribution in [3.05, 3.63) is 119 Å². The average Bonchev–Trinajstić information content (AvgIpc) is 2.92. The molecule has 0 atom stereocenters. The van der Waals surface area contributed by atoms with E-state index in [-0.39, 0.29) is 18.0 Å². The summed E-state index contributed by atoms with van der Waals surface area (Å²) in [5.41, 5.74) is 3.28. The summed E-state index contributed by atoms with van der Waals surface area (Å²) in [5, 5.41) is 17.0. The number of hydrogen-bond donors (Lipinski definition) is 2. The maximum atomic E-state index is 12.4. The van der Waals surface area contributed by atoms with Crippen LogP contribution < -0.4 is 10.6 Å². The highest BCUT2D eigenvalue weighted by Gasteiger charge is 2.15. The van der Waals surface area contributed by atoms with Gasteiger partial charge in [-0.1, -0.05) is 35.9 Å². The van der Waals surface area contributed by atoms with Crippen LogP contribution >= 0.6 is 24.0 Å². The van der Waals surface area contributed by atoms with Gasteiger partial charge in [0.15, 0.2) is 5.82 Å². The Bertz CT molecular complexity index is 1570. The van der Waals surface area contributed by atoms with Gasteiger partial charge in [0.1, 0.15) is 0 Å². The van der Waals surface area contributed by atoms with Crippen LogP contribution in [0.2, 0.25) is 5.02 Å². The van der Waals surface area contributed by atoms with E-state index in [9.17, 15) is 9.59 Å². The molecule has 0 aliphatic rings. The van der Waals surface area contributed by atoms with Crippen LogP contribution in [0.3, 0.4) is 0 Å². The number of halogens is 2. The van der Waals surface area contributed by atoms with E-state index in [1.54, 1.807) is 67.0 Å². The van der Waals surface area contributed by atoms with Crippen molar-refractivity contribution in [3.63, 3.8) is 0 Å². The number of pyridine rings is 1. The van der Waals surface area contributed by atoms with Crippen molar-refractivity contribution < 1.29 is 14.3 Å². The van der Waals surface area contributed by atoms with E-state index in [2.05, 4.69) is 25.8 Å². The molecule has 190 valence electrons. The van der Waals surface area contributed by atoms with Gasteiger partial charge in [0, 0.05) is 46.0 Å². The van der Waals surface area contributed by atoms with Gasteiger partial charge >= 0.3 is 12.1 Å². The highest BCUT2D eigenvalue weighted by Crippen LogP contribution is 2.30. The molecule has 2 N–H and O–H groups in total. The van der Waals surface area contributed by atoms with E-state index in [0.717, 1.165) is 27.7 Å². The number of fused-ring (bicyclic) bond motifs is 1. The number of hydrogen-bond acceptors (Lipinski definition) is 7. The molecule has 0 aliphatic heterocycles. The van der Waals surface area contributed by atoms with Crippen LogP contribution in [-0.4, -0.2) is 27.2 Å². The first-order valence-electron chi connectivity index (χ1n) is 11.3. The predicted octanol–water partition coefficient (Wildman–Crippen LogP) is 6.82. The molecule has 0 spiro atoms. The van der Waals surface area contributed by atoms with Gasteiger partial charge < -0.3 is 10.1 Å². The van der Waals surface area contributed by atoms with Crippen molar-refractivity contribution in [2.24, 2.45) is 0 Å². The molecule has 1 amide bonds. The molecule has 10 heteroatoms. The van der Waals surface area contributed by atoms with E-state index < -0.39 is 12.1 Å². The summed E-state index contributed by atoms with van der Waals surface area (Å²) in [6, 6.07) is 24.7. The van der Waals surface area contributed by atoms with Gasteiger partial charge in [0.25, 0.3) is 0 Å². The number of aromatic nitrogens is 3. The summed E-state index contributed by atoms with van der Waals surface area (Å²) in [7, 11) is 0. The molecule has 2 aromatic heterocycles. The predicted molar refractivity (Wildman–Crippen MR) is 149 cm³/mol. The van der Waals surface area contributed by atoms with Crippen LogP contribution in [0.1, 0.15) is 21.6 Å². The SMILES string of the molecule is Cl.O=C(Nc1ccc2c(Cc3ccncc3)nnc(Nc3ccc(Cl)cc3)c2c1)OC(=O)c1ccccc1. The lowest BCUT2D eigenvalue weighted by atomic mass is 10.0. The smallest absolute Gasteiger partial charge is 0.372 e. The number of anilines is 3. The lowest BCUT2D eigenvalue weighted by Crippen LogP contribution is -2.18.